The van der Waals surface area contributed by atoms with Crippen LogP contribution in [0.1, 0.15) is 40.0 Å². The summed E-state index contributed by atoms with van der Waals surface area (Å²) >= 11 is 0. The summed E-state index contributed by atoms with van der Waals surface area (Å²) in [5.41, 5.74) is 0. The van der Waals surface area contributed by atoms with Crippen LogP contribution in [-0.4, -0.2) is 75.3 Å². The fourth-order valence-corrected chi connectivity index (χ4v) is 3.93. The second-order valence-electron chi connectivity index (χ2n) is 8.07. The SMILES string of the molecule is CN=C(NCC(C(C)C)N1CCC(C)CC1)N(C)CC1CCOC1. The second kappa shape index (κ2) is 9.62. The fourth-order valence-electron chi connectivity index (χ4n) is 3.93. The van der Waals surface area contributed by atoms with Crippen LogP contribution in [0.2, 0.25) is 0 Å². The molecule has 0 aromatic carbocycles. The van der Waals surface area contributed by atoms with E-state index in [2.05, 4.69) is 47.9 Å². The predicted molar refractivity (Wildman–Crippen MR) is 102 cm³/mol. The normalized spacial score (nSPS) is 25.2. The van der Waals surface area contributed by atoms with Gasteiger partial charge in [-0.2, -0.15) is 0 Å². The maximum atomic E-state index is 5.50. The summed E-state index contributed by atoms with van der Waals surface area (Å²) in [5, 5.41) is 3.63. The van der Waals surface area contributed by atoms with E-state index < -0.39 is 0 Å². The molecule has 0 bridgehead atoms. The number of likely N-dealkylation sites (tertiary alicyclic amines) is 1. The van der Waals surface area contributed by atoms with Crippen LogP contribution in [0.5, 0.6) is 0 Å². The zero-order valence-corrected chi connectivity index (χ0v) is 16.4. The Kier molecular flexibility index (Phi) is 7.82. The van der Waals surface area contributed by atoms with Gasteiger partial charge in [0.15, 0.2) is 5.96 Å². The first-order valence-electron chi connectivity index (χ1n) is 9.74. The lowest BCUT2D eigenvalue weighted by atomic mass is 9.94. The molecular weight excluding hydrogens is 300 g/mol. The van der Waals surface area contributed by atoms with Gasteiger partial charge in [0.25, 0.3) is 0 Å². The summed E-state index contributed by atoms with van der Waals surface area (Å²) in [4.78, 5) is 9.43. The van der Waals surface area contributed by atoms with E-state index in [0.29, 0.717) is 17.9 Å². The third kappa shape index (κ3) is 5.62. The molecule has 2 rings (SSSR count). The summed E-state index contributed by atoms with van der Waals surface area (Å²) in [6.07, 6.45) is 3.83. The maximum absolute atomic E-state index is 5.50. The average molecular weight is 339 g/mol. The number of piperidine rings is 1. The molecule has 0 amide bonds. The molecule has 2 aliphatic heterocycles. The molecule has 2 saturated heterocycles. The number of ether oxygens (including phenoxy) is 1. The Balaban J connectivity index is 1.84. The van der Waals surface area contributed by atoms with Crippen LogP contribution < -0.4 is 5.32 Å². The van der Waals surface area contributed by atoms with Crippen molar-refractivity contribution in [1.82, 2.24) is 15.1 Å². The van der Waals surface area contributed by atoms with Gasteiger partial charge in [0, 0.05) is 45.8 Å². The van der Waals surface area contributed by atoms with Crippen LogP contribution in [0.4, 0.5) is 0 Å². The van der Waals surface area contributed by atoms with Crippen molar-refractivity contribution < 1.29 is 4.74 Å². The molecule has 2 unspecified atom stereocenters. The quantitative estimate of drug-likeness (QED) is 0.596. The molecule has 2 heterocycles. The molecule has 2 fully saturated rings. The van der Waals surface area contributed by atoms with Crippen molar-refractivity contribution >= 4 is 5.96 Å². The summed E-state index contributed by atoms with van der Waals surface area (Å²) in [5.74, 6) is 3.18. The van der Waals surface area contributed by atoms with E-state index in [1.54, 1.807) is 0 Å². The lowest BCUT2D eigenvalue weighted by Crippen LogP contribution is -2.52. The second-order valence-corrected chi connectivity index (χ2v) is 8.07. The van der Waals surface area contributed by atoms with Crippen molar-refractivity contribution in [3.63, 3.8) is 0 Å². The zero-order chi connectivity index (χ0) is 17.5. The molecule has 24 heavy (non-hydrogen) atoms. The largest absolute Gasteiger partial charge is 0.381 e. The Hall–Kier alpha value is -0.810. The molecule has 2 aliphatic rings. The Morgan fingerprint density at radius 1 is 1.29 bits per heavy atom. The van der Waals surface area contributed by atoms with Crippen molar-refractivity contribution in [2.45, 2.75) is 46.1 Å². The molecule has 1 N–H and O–H groups in total. The van der Waals surface area contributed by atoms with E-state index in [9.17, 15) is 0 Å². The van der Waals surface area contributed by atoms with E-state index in [0.717, 1.165) is 38.2 Å². The Morgan fingerprint density at radius 3 is 2.54 bits per heavy atom. The number of guanidine groups is 1. The molecule has 0 saturated carbocycles. The topological polar surface area (TPSA) is 40.1 Å². The Labute approximate surface area is 148 Å². The predicted octanol–water partition coefficient (Wildman–Crippen LogP) is 2.29. The standard InChI is InChI=1S/C19H38N4O/c1-15(2)18(23-9-6-16(3)7-10-23)12-21-19(20-4)22(5)13-17-8-11-24-14-17/h15-18H,6-14H2,1-5H3,(H,20,21). The minimum Gasteiger partial charge on any atom is -0.381 e. The Morgan fingerprint density at radius 2 is 2.00 bits per heavy atom. The number of rotatable bonds is 6. The molecular formula is C19H38N4O. The van der Waals surface area contributed by atoms with Gasteiger partial charge in [0.1, 0.15) is 0 Å². The lowest BCUT2D eigenvalue weighted by Gasteiger charge is -2.39. The first-order valence-corrected chi connectivity index (χ1v) is 9.74. The highest BCUT2D eigenvalue weighted by Crippen LogP contribution is 2.21. The van der Waals surface area contributed by atoms with Gasteiger partial charge in [-0.15, -0.1) is 0 Å². The third-order valence-corrected chi connectivity index (χ3v) is 5.66. The van der Waals surface area contributed by atoms with E-state index in [1.165, 1.54) is 32.4 Å². The van der Waals surface area contributed by atoms with Crippen molar-refractivity contribution in [1.29, 1.82) is 0 Å². The van der Waals surface area contributed by atoms with Crippen molar-refractivity contribution in [2.24, 2.45) is 22.7 Å². The van der Waals surface area contributed by atoms with Crippen molar-refractivity contribution in [2.75, 3.05) is 53.5 Å². The van der Waals surface area contributed by atoms with E-state index in [1.807, 2.05) is 7.05 Å². The molecule has 5 heteroatoms. The van der Waals surface area contributed by atoms with Gasteiger partial charge in [-0.25, -0.2) is 0 Å². The van der Waals surface area contributed by atoms with Crippen LogP contribution in [0.15, 0.2) is 4.99 Å². The zero-order valence-electron chi connectivity index (χ0n) is 16.4. The van der Waals surface area contributed by atoms with E-state index >= 15 is 0 Å². The van der Waals surface area contributed by atoms with Crippen LogP contribution in [0.25, 0.3) is 0 Å². The van der Waals surface area contributed by atoms with Crippen LogP contribution in [0, 0.1) is 17.8 Å². The first kappa shape index (κ1) is 19.5. The van der Waals surface area contributed by atoms with Gasteiger partial charge in [0.05, 0.1) is 6.61 Å². The molecule has 0 aromatic heterocycles. The highest BCUT2D eigenvalue weighted by atomic mass is 16.5. The summed E-state index contributed by atoms with van der Waals surface area (Å²) in [7, 11) is 4.03. The maximum Gasteiger partial charge on any atom is 0.193 e. The minimum atomic E-state index is 0.581. The van der Waals surface area contributed by atoms with Gasteiger partial charge < -0.3 is 15.0 Å². The molecule has 0 aromatic rings. The van der Waals surface area contributed by atoms with Crippen LogP contribution >= 0.6 is 0 Å². The number of aliphatic imine (C=N–C) groups is 1. The van der Waals surface area contributed by atoms with Gasteiger partial charge in [0.2, 0.25) is 0 Å². The van der Waals surface area contributed by atoms with Gasteiger partial charge >= 0.3 is 0 Å². The minimum absolute atomic E-state index is 0.581. The molecule has 0 spiro atoms. The van der Waals surface area contributed by atoms with E-state index in [4.69, 9.17) is 4.74 Å². The van der Waals surface area contributed by atoms with Crippen molar-refractivity contribution in [3.05, 3.63) is 0 Å². The lowest BCUT2D eigenvalue weighted by molar-refractivity contribution is 0.109. The number of hydrogen-bond acceptors (Lipinski definition) is 3. The van der Waals surface area contributed by atoms with Crippen molar-refractivity contribution in [3.8, 4) is 0 Å². The highest BCUT2D eigenvalue weighted by Gasteiger charge is 2.26. The average Bonchev–Trinajstić information content (AvgIpc) is 3.05. The Bertz CT molecular complexity index is 385. The monoisotopic (exact) mass is 338 g/mol. The molecule has 140 valence electrons. The van der Waals surface area contributed by atoms with Gasteiger partial charge in [-0.3, -0.25) is 9.89 Å². The highest BCUT2D eigenvalue weighted by molar-refractivity contribution is 5.79. The van der Waals surface area contributed by atoms with Gasteiger partial charge in [-0.05, 0) is 44.2 Å². The fraction of sp³-hybridized carbons (Fsp3) is 0.947. The molecule has 0 aliphatic carbocycles. The van der Waals surface area contributed by atoms with Crippen LogP contribution in [0.3, 0.4) is 0 Å². The number of nitrogens with one attached hydrogen (secondary N) is 1. The number of nitrogens with zero attached hydrogens (tertiary/aromatic N) is 3. The summed E-state index contributed by atoms with van der Waals surface area (Å²) in [6, 6.07) is 0.581. The smallest absolute Gasteiger partial charge is 0.193 e. The van der Waals surface area contributed by atoms with Crippen LogP contribution in [-0.2, 0) is 4.74 Å². The van der Waals surface area contributed by atoms with Gasteiger partial charge in [-0.1, -0.05) is 20.8 Å². The molecule has 0 radical (unpaired) electrons. The third-order valence-electron chi connectivity index (χ3n) is 5.66. The first-order chi connectivity index (χ1) is 11.5. The molecule has 2 atom stereocenters. The van der Waals surface area contributed by atoms with E-state index in [-0.39, 0.29) is 0 Å². The molecule has 5 nitrogen and oxygen atoms in total. The summed E-state index contributed by atoms with van der Waals surface area (Å²) < 4.78 is 5.50. The number of hydrogen-bond donors (Lipinski definition) is 1. The summed E-state index contributed by atoms with van der Waals surface area (Å²) in [6.45, 7) is 13.3.